The van der Waals surface area contributed by atoms with Crippen molar-refractivity contribution in [3.05, 3.63) is 65.9 Å². The lowest BCUT2D eigenvalue weighted by atomic mass is 9.92. The lowest BCUT2D eigenvalue weighted by Crippen LogP contribution is -3.00. The van der Waals surface area contributed by atoms with E-state index in [1.165, 1.54) is 16.7 Å². The van der Waals surface area contributed by atoms with E-state index in [-0.39, 0.29) is 19.2 Å². The molecule has 168 valence electrons. The topological polar surface area (TPSA) is 40.8 Å². The highest BCUT2D eigenvalue weighted by Gasteiger charge is 2.29. The largest absolute Gasteiger partial charge is 1.00 e. The van der Waals surface area contributed by atoms with Crippen molar-refractivity contribution >= 4 is 10.8 Å². The molecule has 0 spiro atoms. The minimum absolute atomic E-state index is 0. The molecule has 4 aromatic rings. The third kappa shape index (κ3) is 3.35. The fourth-order valence-corrected chi connectivity index (χ4v) is 4.83. The molecule has 0 aliphatic carbocycles. The Morgan fingerprint density at radius 3 is 2.33 bits per heavy atom. The first-order chi connectivity index (χ1) is 15.7. The van der Waals surface area contributed by atoms with Gasteiger partial charge in [-0.3, -0.25) is 0 Å². The van der Waals surface area contributed by atoms with Crippen molar-refractivity contribution < 1.29 is 35.9 Å². The van der Waals surface area contributed by atoms with Gasteiger partial charge >= 0.3 is 0 Å². The maximum Gasteiger partial charge on any atom is 0.231 e. The summed E-state index contributed by atoms with van der Waals surface area (Å²) in [6.07, 6.45) is 3.13. The molecule has 6 rings (SSSR count). The maximum atomic E-state index is 5.81. The molecule has 5 nitrogen and oxygen atoms in total. The molecule has 6 heteroatoms. The SMILES string of the molecule is COc1cc(-c2ccc(C)cc2)c2cc3[n+](cc2c1OC)CCc1cc2c(cc1-3)OCO2.[Cl-]. The fourth-order valence-electron chi connectivity index (χ4n) is 4.83. The molecule has 0 fully saturated rings. The molecule has 0 radical (unpaired) electrons. The summed E-state index contributed by atoms with van der Waals surface area (Å²) in [5.41, 5.74) is 7.13. The van der Waals surface area contributed by atoms with Gasteiger partial charge in [-0.25, -0.2) is 0 Å². The molecule has 0 atom stereocenters. The fraction of sp³-hybridized carbons (Fsp3) is 0.222. The summed E-state index contributed by atoms with van der Waals surface area (Å²) in [5.74, 6) is 3.13. The van der Waals surface area contributed by atoms with Crippen LogP contribution in [0.4, 0.5) is 0 Å². The Morgan fingerprint density at radius 1 is 0.848 bits per heavy atom. The Balaban J connectivity index is 0.00000228. The van der Waals surface area contributed by atoms with Gasteiger partial charge in [0.2, 0.25) is 12.5 Å². The minimum Gasteiger partial charge on any atom is -1.00 e. The highest BCUT2D eigenvalue weighted by molar-refractivity contribution is 6.02. The highest BCUT2D eigenvalue weighted by atomic mass is 35.5. The second-order valence-corrected chi connectivity index (χ2v) is 8.32. The summed E-state index contributed by atoms with van der Waals surface area (Å²) in [6, 6.07) is 17.2. The van der Waals surface area contributed by atoms with Crippen LogP contribution in [-0.2, 0) is 13.0 Å². The number of hydrogen-bond acceptors (Lipinski definition) is 4. The Kier molecular flexibility index (Phi) is 5.29. The monoisotopic (exact) mass is 461 g/mol. The number of halogens is 1. The molecule has 2 aliphatic rings. The molecule has 33 heavy (non-hydrogen) atoms. The lowest BCUT2D eigenvalue weighted by Gasteiger charge is -2.19. The van der Waals surface area contributed by atoms with Crippen LogP contribution in [-0.4, -0.2) is 21.0 Å². The van der Waals surface area contributed by atoms with E-state index in [1.54, 1.807) is 14.2 Å². The zero-order chi connectivity index (χ0) is 21.8. The number of ether oxygens (including phenoxy) is 4. The third-order valence-electron chi connectivity index (χ3n) is 6.48. The van der Waals surface area contributed by atoms with Crippen molar-refractivity contribution in [2.45, 2.75) is 19.9 Å². The van der Waals surface area contributed by atoms with Crippen LogP contribution < -0.4 is 35.9 Å². The van der Waals surface area contributed by atoms with Crippen LogP contribution in [0.25, 0.3) is 33.2 Å². The van der Waals surface area contributed by atoms with E-state index in [0.717, 1.165) is 63.6 Å². The molecule has 0 bridgehead atoms. The van der Waals surface area contributed by atoms with Crippen LogP contribution in [0.1, 0.15) is 11.1 Å². The third-order valence-corrected chi connectivity index (χ3v) is 6.48. The number of aryl methyl sites for hydroxylation is 3. The average Bonchev–Trinajstić information content (AvgIpc) is 3.28. The minimum atomic E-state index is 0. The van der Waals surface area contributed by atoms with Crippen LogP contribution >= 0.6 is 0 Å². The summed E-state index contributed by atoms with van der Waals surface area (Å²) < 4.78 is 25.1. The van der Waals surface area contributed by atoms with Crippen LogP contribution in [0.15, 0.2) is 54.7 Å². The van der Waals surface area contributed by atoms with Crippen molar-refractivity contribution in [2.75, 3.05) is 21.0 Å². The number of rotatable bonds is 3. The number of fused-ring (bicyclic) bond motifs is 5. The zero-order valence-electron chi connectivity index (χ0n) is 18.8. The molecular formula is C27H24ClNO4. The van der Waals surface area contributed by atoms with Crippen molar-refractivity contribution in [3.63, 3.8) is 0 Å². The molecule has 0 N–H and O–H groups in total. The normalized spacial score (nSPS) is 13.2. The first-order valence-corrected chi connectivity index (χ1v) is 10.8. The predicted octanol–water partition coefficient (Wildman–Crippen LogP) is 2.08. The quantitative estimate of drug-likeness (QED) is 0.438. The van der Waals surface area contributed by atoms with Gasteiger partial charge in [-0.15, -0.1) is 0 Å². The Bertz CT molecular complexity index is 1380. The molecular weight excluding hydrogens is 438 g/mol. The Labute approximate surface area is 198 Å². The number of aromatic nitrogens is 1. The molecule has 0 unspecified atom stereocenters. The predicted molar refractivity (Wildman–Crippen MR) is 123 cm³/mol. The van der Waals surface area contributed by atoms with E-state index in [2.05, 4.69) is 66.2 Å². The summed E-state index contributed by atoms with van der Waals surface area (Å²) >= 11 is 0. The summed E-state index contributed by atoms with van der Waals surface area (Å²) in [7, 11) is 3.38. The molecule has 0 amide bonds. The molecule has 1 aromatic heterocycles. The standard InChI is InChI=1S/C27H24NO4.ClH/c1-16-4-6-17(7-5-16)19-12-26(29-2)27(30-3)22-14-28-9-8-18-10-24-25(32-15-31-24)13-20(18)23(28)11-21(19)22;/h4-7,10-14H,8-9,15H2,1-3H3;1H/q+1;/p-1. The second-order valence-electron chi connectivity index (χ2n) is 8.32. The smallest absolute Gasteiger partial charge is 0.231 e. The summed E-state index contributed by atoms with van der Waals surface area (Å²) in [5, 5.41) is 2.17. The van der Waals surface area contributed by atoms with E-state index in [0.29, 0.717) is 0 Å². The first kappa shape index (κ1) is 21.4. The maximum absolute atomic E-state index is 5.81. The van der Waals surface area contributed by atoms with Crippen LogP contribution in [0.3, 0.4) is 0 Å². The van der Waals surface area contributed by atoms with Gasteiger partial charge in [0.1, 0.15) is 0 Å². The number of hydrogen-bond donors (Lipinski definition) is 0. The van der Waals surface area contributed by atoms with E-state index in [1.807, 2.05) is 0 Å². The van der Waals surface area contributed by atoms with Gasteiger partial charge in [0.05, 0.1) is 25.2 Å². The highest BCUT2D eigenvalue weighted by Crippen LogP contribution is 2.44. The number of nitrogens with zero attached hydrogens (tertiary/aromatic N) is 1. The van der Waals surface area contributed by atoms with Crippen molar-refractivity contribution in [1.82, 2.24) is 0 Å². The number of methoxy groups -OCH3 is 2. The zero-order valence-corrected chi connectivity index (χ0v) is 19.5. The van der Waals surface area contributed by atoms with Gasteiger partial charge in [-0.05, 0) is 41.8 Å². The van der Waals surface area contributed by atoms with Crippen LogP contribution in [0.5, 0.6) is 23.0 Å². The Hall–Kier alpha value is -3.44. The van der Waals surface area contributed by atoms with Gasteiger partial charge in [-0.2, -0.15) is 4.57 Å². The summed E-state index contributed by atoms with van der Waals surface area (Å²) in [4.78, 5) is 0. The number of benzene rings is 3. The summed E-state index contributed by atoms with van der Waals surface area (Å²) in [6.45, 7) is 3.27. The van der Waals surface area contributed by atoms with Crippen molar-refractivity contribution in [3.8, 4) is 45.4 Å². The van der Waals surface area contributed by atoms with Gasteiger partial charge in [-0.1, -0.05) is 29.8 Å². The van der Waals surface area contributed by atoms with Gasteiger partial charge < -0.3 is 31.4 Å². The Morgan fingerprint density at radius 2 is 1.61 bits per heavy atom. The number of pyridine rings is 1. The van der Waals surface area contributed by atoms with E-state index in [9.17, 15) is 0 Å². The second kappa shape index (κ2) is 8.16. The lowest BCUT2D eigenvalue weighted by molar-refractivity contribution is -0.686. The van der Waals surface area contributed by atoms with Crippen LogP contribution in [0, 0.1) is 6.92 Å². The molecule has 2 aliphatic heterocycles. The first-order valence-electron chi connectivity index (χ1n) is 10.8. The van der Waals surface area contributed by atoms with E-state index < -0.39 is 0 Å². The molecule has 0 saturated carbocycles. The van der Waals surface area contributed by atoms with Crippen molar-refractivity contribution in [2.24, 2.45) is 0 Å². The van der Waals surface area contributed by atoms with Gasteiger partial charge in [0.15, 0.2) is 35.7 Å². The van der Waals surface area contributed by atoms with Crippen LogP contribution in [0.2, 0.25) is 0 Å². The molecule has 0 saturated heterocycles. The van der Waals surface area contributed by atoms with Gasteiger partial charge in [0.25, 0.3) is 0 Å². The molecule has 3 heterocycles. The average molecular weight is 462 g/mol. The molecule has 3 aromatic carbocycles. The van der Waals surface area contributed by atoms with Gasteiger partial charge in [0, 0.05) is 17.9 Å². The van der Waals surface area contributed by atoms with E-state index in [4.69, 9.17) is 18.9 Å². The van der Waals surface area contributed by atoms with Crippen molar-refractivity contribution in [1.29, 1.82) is 0 Å². The van der Waals surface area contributed by atoms with E-state index >= 15 is 0 Å².